The van der Waals surface area contributed by atoms with Crippen LogP contribution < -0.4 is 15.5 Å². The zero-order chi connectivity index (χ0) is 26.5. The summed E-state index contributed by atoms with van der Waals surface area (Å²) in [5, 5.41) is 20.9. The standard InChI is InChI=1S/C30H38N6O2/c1-22-19-36(28-11-8-24(18-32)30-27(28)4-3-13-33-30)21-26(38-22)20-34-14-16-35(17-15-34)25-9-6-23(7-10-25)29(37)5-2-12-31/h3-4,6-11,13,22,26,29,37H,2,5,12,14-17,19-21,31H2,1H3. The normalized spacial score (nSPS) is 21.4. The van der Waals surface area contributed by atoms with Gasteiger partial charge in [0.05, 0.1) is 29.4 Å². The topological polar surface area (TPSA) is 102 Å². The first-order valence-electron chi connectivity index (χ1n) is 13.7. The average Bonchev–Trinajstić information content (AvgIpc) is 2.95. The molecule has 3 aromatic rings. The third-order valence-corrected chi connectivity index (χ3v) is 7.69. The van der Waals surface area contributed by atoms with Crippen LogP contribution in [0.5, 0.6) is 0 Å². The Bertz CT molecular complexity index is 1250. The number of benzene rings is 2. The third kappa shape index (κ3) is 5.92. The number of aliphatic hydroxyl groups is 1. The van der Waals surface area contributed by atoms with Gasteiger partial charge in [-0.25, -0.2) is 0 Å². The molecule has 0 aliphatic carbocycles. The Balaban J connectivity index is 1.18. The van der Waals surface area contributed by atoms with Crippen molar-refractivity contribution in [3.8, 4) is 6.07 Å². The van der Waals surface area contributed by atoms with Crippen molar-refractivity contribution in [2.45, 2.75) is 38.1 Å². The second-order valence-electron chi connectivity index (χ2n) is 10.4. The second-order valence-corrected chi connectivity index (χ2v) is 10.4. The Labute approximate surface area is 225 Å². The second kappa shape index (κ2) is 12.1. The number of piperazine rings is 1. The molecule has 38 heavy (non-hydrogen) atoms. The molecule has 2 aliphatic heterocycles. The summed E-state index contributed by atoms with van der Waals surface area (Å²) in [4.78, 5) is 11.8. The van der Waals surface area contributed by atoms with E-state index in [1.165, 1.54) is 5.69 Å². The molecule has 0 amide bonds. The number of aliphatic hydroxyl groups excluding tert-OH is 1. The highest BCUT2D eigenvalue weighted by Crippen LogP contribution is 2.30. The van der Waals surface area contributed by atoms with Crippen LogP contribution in [0.3, 0.4) is 0 Å². The van der Waals surface area contributed by atoms with Crippen LogP contribution in [0.15, 0.2) is 54.7 Å². The van der Waals surface area contributed by atoms with Crippen molar-refractivity contribution in [2.24, 2.45) is 5.73 Å². The highest BCUT2D eigenvalue weighted by atomic mass is 16.5. The minimum atomic E-state index is -0.444. The zero-order valence-electron chi connectivity index (χ0n) is 22.2. The van der Waals surface area contributed by atoms with Gasteiger partial charge < -0.3 is 25.4 Å². The summed E-state index contributed by atoms with van der Waals surface area (Å²) in [7, 11) is 0. The number of hydrogen-bond acceptors (Lipinski definition) is 8. The van der Waals surface area contributed by atoms with Crippen molar-refractivity contribution in [2.75, 3.05) is 62.2 Å². The molecular formula is C30H38N6O2. The van der Waals surface area contributed by atoms with Crippen LogP contribution >= 0.6 is 0 Å². The lowest BCUT2D eigenvalue weighted by atomic mass is 10.0. The molecule has 2 saturated heterocycles. The highest BCUT2D eigenvalue weighted by Gasteiger charge is 2.29. The van der Waals surface area contributed by atoms with E-state index in [0.29, 0.717) is 18.5 Å². The lowest BCUT2D eigenvalue weighted by molar-refractivity contribution is -0.0327. The highest BCUT2D eigenvalue weighted by molar-refractivity contribution is 5.95. The molecule has 3 unspecified atom stereocenters. The molecule has 200 valence electrons. The van der Waals surface area contributed by atoms with E-state index in [9.17, 15) is 10.4 Å². The predicted molar refractivity (Wildman–Crippen MR) is 151 cm³/mol. The van der Waals surface area contributed by atoms with Crippen molar-refractivity contribution >= 4 is 22.3 Å². The number of rotatable bonds is 8. The van der Waals surface area contributed by atoms with E-state index >= 15 is 0 Å². The number of nitriles is 1. The van der Waals surface area contributed by atoms with Crippen LogP contribution in [0.1, 0.15) is 37.0 Å². The lowest BCUT2D eigenvalue weighted by Gasteiger charge is -2.42. The van der Waals surface area contributed by atoms with Crippen LogP contribution in [0, 0.1) is 11.3 Å². The molecule has 8 nitrogen and oxygen atoms in total. The maximum Gasteiger partial charge on any atom is 0.101 e. The van der Waals surface area contributed by atoms with E-state index in [1.54, 1.807) is 6.20 Å². The van der Waals surface area contributed by atoms with E-state index in [4.69, 9.17) is 10.5 Å². The average molecular weight is 515 g/mol. The first-order chi connectivity index (χ1) is 18.6. The van der Waals surface area contributed by atoms with E-state index in [1.807, 2.05) is 24.3 Å². The van der Waals surface area contributed by atoms with Crippen LogP contribution in [-0.2, 0) is 4.74 Å². The van der Waals surface area contributed by atoms with Gasteiger partial charge in [-0.05, 0) is 68.3 Å². The molecule has 2 fully saturated rings. The van der Waals surface area contributed by atoms with Gasteiger partial charge in [0.25, 0.3) is 0 Å². The van der Waals surface area contributed by atoms with Gasteiger partial charge in [0.1, 0.15) is 6.07 Å². The summed E-state index contributed by atoms with van der Waals surface area (Å²) in [6, 6.07) is 18.5. The Kier molecular flexibility index (Phi) is 8.40. The molecule has 3 heterocycles. The first-order valence-corrected chi connectivity index (χ1v) is 13.7. The quantitative estimate of drug-likeness (QED) is 0.472. The monoisotopic (exact) mass is 514 g/mol. The number of nitrogens with zero attached hydrogens (tertiary/aromatic N) is 5. The minimum absolute atomic E-state index is 0.113. The molecule has 2 aromatic carbocycles. The number of anilines is 2. The summed E-state index contributed by atoms with van der Waals surface area (Å²) in [6.45, 7) is 9.17. The van der Waals surface area contributed by atoms with Gasteiger partial charge in [0.15, 0.2) is 0 Å². The van der Waals surface area contributed by atoms with E-state index in [0.717, 1.165) is 74.4 Å². The summed E-state index contributed by atoms with van der Waals surface area (Å²) >= 11 is 0. The number of ether oxygens (including phenoxy) is 1. The summed E-state index contributed by atoms with van der Waals surface area (Å²) < 4.78 is 6.38. The fraction of sp³-hybridized carbons (Fsp3) is 0.467. The molecule has 0 spiro atoms. The number of hydrogen-bond donors (Lipinski definition) is 2. The third-order valence-electron chi connectivity index (χ3n) is 7.69. The largest absolute Gasteiger partial charge is 0.388 e. The molecule has 3 atom stereocenters. The molecule has 0 bridgehead atoms. The molecule has 0 saturated carbocycles. The van der Waals surface area contributed by atoms with Crippen molar-refractivity contribution in [1.29, 1.82) is 5.26 Å². The Morgan fingerprint density at radius 3 is 2.61 bits per heavy atom. The van der Waals surface area contributed by atoms with Gasteiger partial charge in [-0.1, -0.05) is 12.1 Å². The number of pyridine rings is 1. The molecule has 0 radical (unpaired) electrons. The zero-order valence-corrected chi connectivity index (χ0v) is 22.2. The van der Waals surface area contributed by atoms with Crippen molar-refractivity contribution in [3.63, 3.8) is 0 Å². The Hall–Kier alpha value is -3.22. The minimum Gasteiger partial charge on any atom is -0.388 e. The van der Waals surface area contributed by atoms with Gasteiger partial charge in [-0.15, -0.1) is 0 Å². The fourth-order valence-electron chi connectivity index (χ4n) is 5.73. The molecule has 1 aromatic heterocycles. The van der Waals surface area contributed by atoms with E-state index < -0.39 is 6.10 Å². The summed E-state index contributed by atoms with van der Waals surface area (Å²) in [5.41, 5.74) is 10.2. The Morgan fingerprint density at radius 1 is 1.08 bits per heavy atom. The SMILES string of the molecule is CC1CN(c2ccc(C#N)c3ncccc23)CC(CN2CCN(c3ccc(C(O)CCCN)cc3)CC2)O1. The molecule has 5 rings (SSSR count). The first kappa shape index (κ1) is 26.4. The van der Waals surface area contributed by atoms with Gasteiger partial charge in [-0.3, -0.25) is 9.88 Å². The van der Waals surface area contributed by atoms with Gasteiger partial charge in [-0.2, -0.15) is 5.26 Å². The van der Waals surface area contributed by atoms with Crippen LogP contribution in [0.4, 0.5) is 11.4 Å². The van der Waals surface area contributed by atoms with Gasteiger partial charge in [0, 0.05) is 68.8 Å². The lowest BCUT2D eigenvalue weighted by Crippen LogP contribution is -2.54. The Morgan fingerprint density at radius 2 is 1.87 bits per heavy atom. The van der Waals surface area contributed by atoms with Crippen LogP contribution in [0.2, 0.25) is 0 Å². The van der Waals surface area contributed by atoms with Crippen LogP contribution in [-0.4, -0.2) is 79.6 Å². The maximum atomic E-state index is 10.3. The van der Waals surface area contributed by atoms with Crippen LogP contribution in [0.25, 0.3) is 10.9 Å². The van der Waals surface area contributed by atoms with Gasteiger partial charge in [0.2, 0.25) is 0 Å². The maximum absolute atomic E-state index is 10.3. The van der Waals surface area contributed by atoms with Gasteiger partial charge >= 0.3 is 0 Å². The number of fused-ring (bicyclic) bond motifs is 1. The fourth-order valence-corrected chi connectivity index (χ4v) is 5.73. The number of morpholine rings is 1. The van der Waals surface area contributed by atoms with E-state index in [2.05, 4.69) is 56.9 Å². The molecular weight excluding hydrogens is 476 g/mol. The van der Waals surface area contributed by atoms with Crippen molar-refractivity contribution in [3.05, 3.63) is 65.9 Å². The predicted octanol–water partition coefficient (Wildman–Crippen LogP) is 3.29. The van der Waals surface area contributed by atoms with E-state index in [-0.39, 0.29) is 12.2 Å². The van der Waals surface area contributed by atoms with Crippen molar-refractivity contribution < 1.29 is 9.84 Å². The summed E-state index contributed by atoms with van der Waals surface area (Å²) in [6.07, 6.45) is 3.07. The summed E-state index contributed by atoms with van der Waals surface area (Å²) in [5.74, 6) is 0. The number of nitrogens with two attached hydrogens (primary N) is 1. The smallest absolute Gasteiger partial charge is 0.101 e. The molecule has 8 heteroatoms. The molecule has 3 N–H and O–H groups in total. The number of aromatic nitrogens is 1. The van der Waals surface area contributed by atoms with Crippen molar-refractivity contribution in [1.82, 2.24) is 9.88 Å². The molecule has 2 aliphatic rings.